The van der Waals surface area contributed by atoms with E-state index in [1.807, 2.05) is 0 Å². The first-order valence-corrected chi connectivity index (χ1v) is 0.408. The van der Waals surface area contributed by atoms with Crippen molar-refractivity contribution in [1.29, 1.82) is 0 Å². The van der Waals surface area contributed by atoms with Gasteiger partial charge in [-0.3, -0.25) is 6.58 Å². The molecule has 0 N–H and O–H groups in total. The van der Waals surface area contributed by atoms with Gasteiger partial charge in [-0.2, -0.15) is 0 Å². The molecule has 0 spiro atoms. The first-order chi connectivity index (χ1) is 1.00. The van der Waals surface area contributed by atoms with Crippen LogP contribution in [0.4, 0.5) is 0 Å². The van der Waals surface area contributed by atoms with Crippen molar-refractivity contribution in [3.63, 3.8) is 0 Å². The van der Waals surface area contributed by atoms with Crippen LogP contribution in [0.1, 0.15) is 0 Å². The van der Waals surface area contributed by atoms with Crippen molar-refractivity contribution in [3.05, 3.63) is 13.2 Å². The van der Waals surface area contributed by atoms with Gasteiger partial charge in [-0.1, -0.05) is 0 Å². The van der Waals surface area contributed by atoms with Crippen LogP contribution < -0.4 is 0 Å². The standard InChI is InChI=1S/C2H3.W.2Y/c1-2;;;/h1H,2H2;;;/q-1;;;. The Morgan fingerprint density at radius 2 is 1.00 bits per heavy atom. The zero-order chi connectivity index (χ0) is 2.00. The van der Waals surface area contributed by atoms with Gasteiger partial charge < -0.3 is 6.58 Å². The minimum absolute atomic E-state index is 0. The summed E-state index contributed by atoms with van der Waals surface area (Å²) in [6.07, 6.45) is 0. The quantitative estimate of drug-likeness (QED) is 0.533. The summed E-state index contributed by atoms with van der Waals surface area (Å²) in [6, 6.07) is 0. The molecule has 0 aromatic carbocycles. The van der Waals surface area contributed by atoms with Crippen molar-refractivity contribution < 1.29 is 86.5 Å². The van der Waals surface area contributed by atoms with E-state index in [4.69, 9.17) is 0 Å². The molecule has 0 heterocycles. The van der Waals surface area contributed by atoms with E-state index >= 15 is 0 Å². The Morgan fingerprint density at radius 1 is 1.00 bits per heavy atom. The molecule has 0 aliphatic rings. The molecule has 0 bridgehead atoms. The monoisotopic (exact) mass is 389 g/mol. The second-order valence-electron chi connectivity index (χ2n) is 0. The Balaban J connectivity index is -0.00000000167. The van der Waals surface area contributed by atoms with E-state index < -0.39 is 0 Å². The van der Waals surface area contributed by atoms with Crippen molar-refractivity contribution in [2.45, 2.75) is 0 Å². The summed E-state index contributed by atoms with van der Waals surface area (Å²) in [5, 5.41) is 0. The maximum atomic E-state index is 4.25. The second kappa shape index (κ2) is 30.3. The zero-order valence-electron chi connectivity index (χ0n) is 2.85. The molecule has 0 amide bonds. The summed E-state index contributed by atoms with van der Waals surface area (Å²) in [6.45, 7) is 7.00. The fraction of sp³-hybridized carbons (Fsp3) is 0. The van der Waals surface area contributed by atoms with Gasteiger partial charge in [0, 0.05) is 86.5 Å². The van der Waals surface area contributed by atoms with E-state index in [1.54, 1.807) is 0 Å². The minimum atomic E-state index is 0. The Bertz CT molecular complexity index is 7.61. The third-order valence-corrected chi connectivity index (χ3v) is 0. The van der Waals surface area contributed by atoms with Crippen LogP contribution in [0.5, 0.6) is 0 Å². The normalized spacial score (nSPS) is 0.800. The Labute approximate surface area is 97.6 Å². The van der Waals surface area contributed by atoms with Gasteiger partial charge in [-0.05, 0) is 0 Å². The molecule has 0 saturated heterocycles. The van der Waals surface area contributed by atoms with Crippen molar-refractivity contribution in [3.8, 4) is 0 Å². The summed E-state index contributed by atoms with van der Waals surface area (Å²) in [4.78, 5) is 0. The smallest absolute Gasteiger partial charge is 0 e. The Morgan fingerprint density at radius 3 is 1.00 bits per heavy atom. The van der Waals surface area contributed by atoms with Crippen molar-refractivity contribution in [2.24, 2.45) is 0 Å². The van der Waals surface area contributed by atoms with Crippen LogP contribution in [0.25, 0.3) is 0 Å². The first kappa shape index (κ1) is 25.4. The molecule has 0 aliphatic heterocycles. The van der Waals surface area contributed by atoms with E-state index in [0.717, 1.165) is 0 Å². The molecule has 3 heteroatoms. The van der Waals surface area contributed by atoms with Gasteiger partial charge in [0.25, 0.3) is 0 Å². The third-order valence-electron chi connectivity index (χ3n) is 0. The van der Waals surface area contributed by atoms with Gasteiger partial charge in [-0.15, -0.1) is 0 Å². The maximum Gasteiger partial charge on any atom is 0 e. The summed E-state index contributed by atoms with van der Waals surface area (Å²) in [5.74, 6) is 0. The minimum Gasteiger partial charge on any atom is -0.521 e. The Hall–Kier alpha value is 2.64. The van der Waals surface area contributed by atoms with Gasteiger partial charge in [0.15, 0.2) is 0 Å². The van der Waals surface area contributed by atoms with Gasteiger partial charge >= 0.3 is 0 Å². The molecule has 0 aromatic heterocycles. The molecular formula is C2H3WY2-. The second-order valence-corrected chi connectivity index (χ2v) is 0. The molecule has 0 aliphatic carbocycles. The largest absolute Gasteiger partial charge is 0.521 e. The summed E-state index contributed by atoms with van der Waals surface area (Å²) in [7, 11) is 0. The van der Waals surface area contributed by atoms with E-state index in [-0.39, 0.29) is 86.5 Å². The molecule has 0 saturated carbocycles. The summed E-state index contributed by atoms with van der Waals surface area (Å²) >= 11 is 0. The molecule has 0 nitrogen and oxygen atoms in total. The predicted molar refractivity (Wildman–Crippen MR) is 9.93 cm³/mol. The molecule has 0 atom stereocenters. The molecule has 0 aromatic rings. The van der Waals surface area contributed by atoms with E-state index in [9.17, 15) is 0 Å². The van der Waals surface area contributed by atoms with Crippen LogP contribution in [0.2, 0.25) is 0 Å². The molecule has 24 valence electrons. The first-order valence-electron chi connectivity index (χ1n) is 0.408. The molecule has 0 unspecified atom stereocenters. The average molecular weight is 389 g/mol. The van der Waals surface area contributed by atoms with Crippen LogP contribution in [-0.4, -0.2) is 0 Å². The van der Waals surface area contributed by atoms with Crippen molar-refractivity contribution in [2.75, 3.05) is 0 Å². The molecule has 5 heavy (non-hydrogen) atoms. The SMILES string of the molecule is [CH-]=C.[W].[Y].[Y]. The topological polar surface area (TPSA) is 0 Å². The van der Waals surface area contributed by atoms with E-state index in [0.29, 0.717) is 0 Å². The fourth-order valence-corrected chi connectivity index (χ4v) is 0. The number of hydrogen-bond donors (Lipinski definition) is 0. The van der Waals surface area contributed by atoms with E-state index in [2.05, 4.69) is 13.2 Å². The molecule has 2 radical (unpaired) electrons. The zero-order valence-corrected chi connectivity index (χ0v) is 11.5. The third kappa shape index (κ3) is 20.5. The van der Waals surface area contributed by atoms with Crippen LogP contribution in [-0.2, 0) is 86.5 Å². The van der Waals surface area contributed by atoms with Gasteiger partial charge in [0.05, 0.1) is 0 Å². The molecule has 0 fully saturated rings. The fourth-order valence-electron chi connectivity index (χ4n) is 0. The van der Waals surface area contributed by atoms with Gasteiger partial charge in [0.2, 0.25) is 0 Å². The Kier molecular flexibility index (Phi) is 154. The van der Waals surface area contributed by atoms with Gasteiger partial charge in [-0.25, -0.2) is 0 Å². The van der Waals surface area contributed by atoms with E-state index in [1.165, 1.54) is 0 Å². The predicted octanol–water partition coefficient (Wildman–Crippen LogP) is 0.598. The number of hydrogen-bond acceptors (Lipinski definition) is 0. The van der Waals surface area contributed by atoms with Gasteiger partial charge in [0.1, 0.15) is 0 Å². The van der Waals surface area contributed by atoms with Crippen LogP contribution in [0, 0.1) is 6.58 Å². The molecule has 0 rings (SSSR count). The van der Waals surface area contributed by atoms with Crippen LogP contribution >= 0.6 is 0 Å². The van der Waals surface area contributed by atoms with Crippen LogP contribution in [0.3, 0.4) is 0 Å². The summed E-state index contributed by atoms with van der Waals surface area (Å²) < 4.78 is 0. The summed E-state index contributed by atoms with van der Waals surface area (Å²) in [5.41, 5.74) is 0. The average Bonchev–Trinajstić information content (AvgIpc) is 1.00. The molecular weight excluding hydrogens is 386 g/mol. The number of rotatable bonds is 0. The maximum absolute atomic E-state index is 4.25. The van der Waals surface area contributed by atoms with Crippen LogP contribution in [0.15, 0.2) is 6.58 Å². The van der Waals surface area contributed by atoms with Crippen molar-refractivity contribution >= 4 is 0 Å². The van der Waals surface area contributed by atoms with Crippen molar-refractivity contribution in [1.82, 2.24) is 0 Å².